The summed E-state index contributed by atoms with van der Waals surface area (Å²) in [5.41, 5.74) is 0.367. The third-order valence-corrected chi connectivity index (χ3v) is 9.89. The molecule has 2 N–H and O–H groups in total. The lowest BCUT2D eigenvalue weighted by Crippen LogP contribution is -2.56. The summed E-state index contributed by atoms with van der Waals surface area (Å²) in [5, 5.41) is 18.9. The molecular formula is C23H37FO3. The Morgan fingerprint density at radius 1 is 1.07 bits per heavy atom. The van der Waals surface area contributed by atoms with Gasteiger partial charge in [0.2, 0.25) is 0 Å². The van der Waals surface area contributed by atoms with E-state index in [0.717, 1.165) is 32.1 Å². The Morgan fingerprint density at radius 2 is 1.81 bits per heavy atom. The van der Waals surface area contributed by atoms with Gasteiger partial charge in [-0.05, 0) is 91.8 Å². The zero-order valence-electron chi connectivity index (χ0n) is 17.0. The highest BCUT2D eigenvalue weighted by Crippen LogP contribution is 2.68. The van der Waals surface area contributed by atoms with Crippen molar-refractivity contribution in [2.45, 2.75) is 84.2 Å². The Morgan fingerprint density at radius 3 is 2.52 bits per heavy atom. The molecule has 0 bridgehead atoms. The fourth-order valence-corrected chi connectivity index (χ4v) is 8.30. The number of alkyl halides is 1. The number of carboxylic acid groups (broad SMARTS) is 1. The maximum atomic E-state index is 15.5. The van der Waals surface area contributed by atoms with E-state index in [1.807, 2.05) is 0 Å². The van der Waals surface area contributed by atoms with Crippen molar-refractivity contribution < 1.29 is 19.4 Å². The molecule has 154 valence electrons. The van der Waals surface area contributed by atoms with Crippen LogP contribution in [0.3, 0.4) is 0 Å². The number of hydrogen-bond donors (Lipinski definition) is 2. The lowest BCUT2D eigenvalue weighted by molar-refractivity contribution is -0.149. The molecule has 0 radical (unpaired) electrons. The van der Waals surface area contributed by atoms with Gasteiger partial charge in [-0.25, -0.2) is 4.39 Å². The minimum Gasteiger partial charge on any atom is -0.481 e. The molecule has 4 rings (SSSR count). The highest BCUT2D eigenvalue weighted by molar-refractivity contribution is 5.70. The van der Waals surface area contributed by atoms with E-state index in [1.165, 1.54) is 25.7 Å². The van der Waals surface area contributed by atoms with Crippen molar-refractivity contribution >= 4 is 5.97 Å². The smallest absolute Gasteiger partial charge is 0.308 e. The first-order valence-corrected chi connectivity index (χ1v) is 11.3. The van der Waals surface area contributed by atoms with Crippen LogP contribution in [-0.4, -0.2) is 29.0 Å². The Labute approximate surface area is 163 Å². The normalized spacial score (nSPS) is 50.4. The van der Waals surface area contributed by atoms with Gasteiger partial charge in [0.25, 0.3) is 0 Å². The van der Waals surface area contributed by atoms with Crippen LogP contribution in [-0.2, 0) is 4.79 Å². The first kappa shape index (κ1) is 19.7. The molecule has 27 heavy (non-hydrogen) atoms. The molecule has 0 spiro atoms. The molecule has 4 saturated carbocycles. The molecule has 4 fully saturated rings. The predicted octanol–water partition coefficient (Wildman–Crippen LogP) is 5.07. The highest BCUT2D eigenvalue weighted by atomic mass is 19.1. The first-order chi connectivity index (χ1) is 12.8. The Kier molecular flexibility index (Phi) is 5.10. The van der Waals surface area contributed by atoms with Crippen LogP contribution < -0.4 is 0 Å². The molecule has 0 aliphatic heterocycles. The SMILES string of the molecule is CC12CCC3C(C(F)CC4CCCCC43C)C1CCC2CC(CO)C(=O)O. The average Bonchev–Trinajstić information content (AvgIpc) is 2.96. The molecule has 0 heterocycles. The van der Waals surface area contributed by atoms with Crippen molar-refractivity contribution in [3.8, 4) is 0 Å². The lowest BCUT2D eigenvalue weighted by atomic mass is 9.44. The van der Waals surface area contributed by atoms with Gasteiger partial charge in [0.05, 0.1) is 12.5 Å². The molecule has 4 aliphatic rings. The van der Waals surface area contributed by atoms with Crippen molar-refractivity contribution in [1.82, 2.24) is 0 Å². The zero-order chi connectivity index (χ0) is 19.4. The maximum Gasteiger partial charge on any atom is 0.308 e. The number of fused-ring (bicyclic) bond motifs is 5. The number of carbonyl (C=O) groups is 1. The second-order valence-electron chi connectivity index (χ2n) is 10.8. The van der Waals surface area contributed by atoms with Crippen LogP contribution in [0.5, 0.6) is 0 Å². The second kappa shape index (κ2) is 7.00. The third kappa shape index (κ3) is 2.96. The van der Waals surface area contributed by atoms with E-state index in [0.29, 0.717) is 35.5 Å². The second-order valence-corrected chi connectivity index (χ2v) is 10.8. The third-order valence-electron chi connectivity index (χ3n) is 9.89. The number of aliphatic carboxylic acids is 1. The van der Waals surface area contributed by atoms with Crippen LogP contribution in [0.2, 0.25) is 0 Å². The Hall–Kier alpha value is -0.640. The Bertz CT molecular complexity index is 580. The van der Waals surface area contributed by atoms with Crippen molar-refractivity contribution in [1.29, 1.82) is 0 Å². The van der Waals surface area contributed by atoms with Gasteiger partial charge in [-0.1, -0.05) is 26.7 Å². The average molecular weight is 381 g/mol. The van der Waals surface area contributed by atoms with Gasteiger partial charge in [0.1, 0.15) is 6.17 Å². The molecule has 9 atom stereocenters. The molecule has 0 aromatic heterocycles. The van der Waals surface area contributed by atoms with Crippen molar-refractivity contribution in [3.05, 3.63) is 0 Å². The van der Waals surface area contributed by atoms with E-state index in [4.69, 9.17) is 0 Å². The summed E-state index contributed by atoms with van der Waals surface area (Å²) >= 11 is 0. The molecular weight excluding hydrogens is 343 g/mol. The van der Waals surface area contributed by atoms with E-state index in [-0.39, 0.29) is 17.9 Å². The highest BCUT2D eigenvalue weighted by Gasteiger charge is 2.62. The van der Waals surface area contributed by atoms with Gasteiger partial charge in [0, 0.05) is 0 Å². The van der Waals surface area contributed by atoms with Gasteiger partial charge in [-0.2, -0.15) is 0 Å². The summed E-state index contributed by atoms with van der Waals surface area (Å²) in [6, 6.07) is 0. The van der Waals surface area contributed by atoms with E-state index in [9.17, 15) is 15.0 Å². The molecule has 0 saturated heterocycles. The standard InChI is InChI=1S/C23H37FO3/c1-22-9-4-3-5-15(22)12-19(24)20-17-7-6-16(11-14(13-25)21(26)27)23(17,2)10-8-18(20)22/h14-20,25H,3-13H2,1-2H3,(H,26,27). The van der Waals surface area contributed by atoms with Crippen LogP contribution in [0, 0.1) is 46.3 Å². The van der Waals surface area contributed by atoms with E-state index < -0.39 is 18.1 Å². The maximum absolute atomic E-state index is 15.5. The van der Waals surface area contributed by atoms with Gasteiger partial charge in [-0.15, -0.1) is 0 Å². The predicted molar refractivity (Wildman–Crippen MR) is 103 cm³/mol. The van der Waals surface area contributed by atoms with Crippen molar-refractivity contribution in [2.24, 2.45) is 46.3 Å². The molecule has 9 unspecified atom stereocenters. The number of rotatable bonds is 4. The lowest BCUT2D eigenvalue weighted by Gasteiger charge is -2.61. The van der Waals surface area contributed by atoms with Crippen molar-refractivity contribution in [2.75, 3.05) is 6.61 Å². The van der Waals surface area contributed by atoms with Crippen LogP contribution >= 0.6 is 0 Å². The topological polar surface area (TPSA) is 57.5 Å². The van der Waals surface area contributed by atoms with Gasteiger partial charge >= 0.3 is 5.97 Å². The zero-order valence-corrected chi connectivity index (χ0v) is 17.0. The number of hydrogen-bond acceptors (Lipinski definition) is 2. The molecule has 3 nitrogen and oxygen atoms in total. The van der Waals surface area contributed by atoms with Crippen LogP contribution in [0.4, 0.5) is 4.39 Å². The fraction of sp³-hybridized carbons (Fsp3) is 0.957. The van der Waals surface area contributed by atoms with E-state index in [1.54, 1.807) is 0 Å². The summed E-state index contributed by atoms with van der Waals surface area (Å²) in [7, 11) is 0. The number of aliphatic hydroxyl groups excluding tert-OH is 1. The molecule has 4 heteroatoms. The van der Waals surface area contributed by atoms with Crippen molar-refractivity contribution in [3.63, 3.8) is 0 Å². The van der Waals surface area contributed by atoms with Crippen LogP contribution in [0.15, 0.2) is 0 Å². The molecule has 0 aromatic rings. The molecule has 4 aliphatic carbocycles. The summed E-state index contributed by atoms with van der Waals surface area (Å²) in [6.07, 6.45) is 9.93. The molecule has 0 aromatic carbocycles. The minimum atomic E-state index is -0.892. The number of aliphatic hydroxyl groups is 1. The van der Waals surface area contributed by atoms with E-state index >= 15 is 4.39 Å². The summed E-state index contributed by atoms with van der Waals surface area (Å²) < 4.78 is 15.5. The summed E-state index contributed by atoms with van der Waals surface area (Å²) in [4.78, 5) is 11.4. The van der Waals surface area contributed by atoms with E-state index in [2.05, 4.69) is 13.8 Å². The Balaban J connectivity index is 1.58. The molecule has 0 amide bonds. The van der Waals surface area contributed by atoms with Crippen LogP contribution in [0.1, 0.15) is 78.1 Å². The van der Waals surface area contributed by atoms with Gasteiger partial charge < -0.3 is 10.2 Å². The quantitative estimate of drug-likeness (QED) is 0.716. The number of carboxylic acids is 1. The minimum absolute atomic E-state index is 0.0479. The first-order valence-electron chi connectivity index (χ1n) is 11.3. The summed E-state index contributed by atoms with van der Waals surface area (Å²) in [6.45, 7) is 4.48. The largest absolute Gasteiger partial charge is 0.481 e. The monoisotopic (exact) mass is 380 g/mol. The van der Waals surface area contributed by atoms with Crippen LogP contribution in [0.25, 0.3) is 0 Å². The summed E-state index contributed by atoms with van der Waals surface area (Å²) in [5.74, 6) is 0.384. The van der Waals surface area contributed by atoms with Gasteiger partial charge in [-0.3, -0.25) is 4.79 Å². The van der Waals surface area contributed by atoms with Gasteiger partial charge in [0.15, 0.2) is 0 Å². The number of halogens is 1. The fourth-order valence-electron chi connectivity index (χ4n) is 8.30.